The number of aryl methyl sites for hydroxylation is 1. The minimum Gasteiger partial charge on any atom is -0.336 e. The Hall–Kier alpha value is -2.76. The van der Waals surface area contributed by atoms with Crippen molar-refractivity contribution >= 4 is 22.7 Å². The number of halogens is 1. The van der Waals surface area contributed by atoms with Crippen molar-refractivity contribution in [3.63, 3.8) is 0 Å². The molecule has 0 unspecified atom stereocenters. The number of hydrogen-bond donors (Lipinski definition) is 1. The lowest BCUT2D eigenvalue weighted by Crippen LogP contribution is -2.13. The summed E-state index contributed by atoms with van der Waals surface area (Å²) >= 11 is 0. The van der Waals surface area contributed by atoms with E-state index in [0.717, 1.165) is 11.3 Å². The Balaban J connectivity index is 1.94. The topological polar surface area (TPSA) is 68.0 Å². The number of pyridine rings is 1. The molecule has 0 aliphatic heterocycles. The molecule has 6 heteroatoms. The van der Waals surface area contributed by atoms with Gasteiger partial charge in [0, 0.05) is 11.9 Å². The highest BCUT2D eigenvalue weighted by Gasteiger charge is 2.16. The van der Waals surface area contributed by atoms with Crippen molar-refractivity contribution < 1.29 is 13.7 Å². The summed E-state index contributed by atoms with van der Waals surface area (Å²) in [4.78, 5) is 16.5. The molecule has 2 heterocycles. The largest absolute Gasteiger partial charge is 0.336 e. The summed E-state index contributed by atoms with van der Waals surface area (Å²) in [6, 6.07) is 5.95. The zero-order chi connectivity index (χ0) is 16.6. The summed E-state index contributed by atoms with van der Waals surface area (Å²) in [6.45, 7) is 5.77. The molecule has 5 nitrogen and oxygen atoms in total. The fraction of sp³-hybridized carbons (Fsp3) is 0.235. The van der Waals surface area contributed by atoms with Gasteiger partial charge < -0.3 is 9.84 Å². The number of aromatic nitrogens is 2. The number of rotatable bonds is 3. The van der Waals surface area contributed by atoms with Crippen molar-refractivity contribution in [2.45, 2.75) is 26.7 Å². The van der Waals surface area contributed by atoms with Crippen molar-refractivity contribution in [1.29, 1.82) is 0 Å². The number of carbonyl (C=O) groups is 1. The molecule has 0 radical (unpaired) electrons. The average molecular weight is 313 g/mol. The highest BCUT2D eigenvalue weighted by atomic mass is 19.1. The number of carbonyl (C=O) groups excluding carboxylic acids is 1. The van der Waals surface area contributed by atoms with E-state index in [1.54, 1.807) is 19.1 Å². The van der Waals surface area contributed by atoms with Crippen LogP contribution in [0.15, 0.2) is 35.0 Å². The van der Waals surface area contributed by atoms with E-state index in [1.807, 2.05) is 13.8 Å². The van der Waals surface area contributed by atoms with Gasteiger partial charge in [-0.2, -0.15) is 0 Å². The predicted molar refractivity (Wildman–Crippen MR) is 85.0 cm³/mol. The van der Waals surface area contributed by atoms with Gasteiger partial charge in [-0.3, -0.25) is 4.79 Å². The summed E-state index contributed by atoms with van der Waals surface area (Å²) in [5, 5.41) is 7.40. The molecule has 0 aliphatic carbocycles. The van der Waals surface area contributed by atoms with Crippen LogP contribution in [0.25, 0.3) is 11.1 Å². The number of anilines is 1. The van der Waals surface area contributed by atoms with Crippen molar-refractivity contribution in [3.05, 3.63) is 53.1 Å². The maximum Gasteiger partial charge on any atom is 0.257 e. The Bertz CT molecular complexity index is 887. The third-order valence-electron chi connectivity index (χ3n) is 3.61. The lowest BCUT2D eigenvalue weighted by Gasteiger charge is -2.08. The molecule has 1 amide bonds. The first-order valence-electron chi connectivity index (χ1n) is 7.28. The number of fused-ring (bicyclic) bond motifs is 1. The molecule has 3 aromatic rings. The van der Waals surface area contributed by atoms with Gasteiger partial charge in [0.1, 0.15) is 5.82 Å². The first kappa shape index (κ1) is 15.1. The van der Waals surface area contributed by atoms with Crippen LogP contribution in [0.5, 0.6) is 0 Å². The van der Waals surface area contributed by atoms with Crippen molar-refractivity contribution in [3.8, 4) is 0 Å². The summed E-state index contributed by atoms with van der Waals surface area (Å²) in [6.07, 6.45) is 1.42. The fourth-order valence-electron chi connectivity index (χ4n) is 2.31. The molecule has 1 N–H and O–H groups in total. The van der Waals surface area contributed by atoms with Gasteiger partial charge in [0.05, 0.1) is 16.6 Å². The Kier molecular flexibility index (Phi) is 3.82. The molecular formula is C17H16FN3O2. The van der Waals surface area contributed by atoms with E-state index in [4.69, 9.17) is 4.52 Å². The van der Waals surface area contributed by atoms with Crippen molar-refractivity contribution in [2.24, 2.45) is 0 Å². The molecule has 2 aromatic heterocycles. The number of hydrogen-bond acceptors (Lipinski definition) is 4. The first-order chi connectivity index (χ1) is 11.0. The van der Waals surface area contributed by atoms with E-state index in [-0.39, 0.29) is 11.8 Å². The van der Waals surface area contributed by atoms with Crippen LogP contribution in [0, 0.1) is 12.7 Å². The van der Waals surface area contributed by atoms with E-state index >= 15 is 0 Å². The van der Waals surface area contributed by atoms with Crippen LogP contribution in [0.1, 0.15) is 41.4 Å². The number of amides is 1. The van der Waals surface area contributed by atoms with Crippen molar-refractivity contribution in [1.82, 2.24) is 10.1 Å². The van der Waals surface area contributed by atoms with E-state index in [1.165, 1.54) is 18.3 Å². The Morgan fingerprint density at radius 2 is 2.09 bits per heavy atom. The molecule has 3 rings (SSSR count). The molecule has 0 atom stereocenters. The summed E-state index contributed by atoms with van der Waals surface area (Å²) < 4.78 is 18.5. The monoisotopic (exact) mass is 313 g/mol. The van der Waals surface area contributed by atoms with Crippen LogP contribution in [0.4, 0.5) is 10.1 Å². The molecule has 0 bridgehead atoms. The van der Waals surface area contributed by atoms with Crippen molar-refractivity contribution in [2.75, 3.05) is 5.32 Å². The van der Waals surface area contributed by atoms with Gasteiger partial charge >= 0.3 is 0 Å². The highest BCUT2D eigenvalue weighted by molar-refractivity contribution is 6.06. The first-order valence-corrected chi connectivity index (χ1v) is 7.28. The standard InChI is InChI=1S/C17H16FN3O2/c1-9(2)15-13-6-11(8-19-17(13)23-21-15)16(22)20-14-7-12(18)5-4-10(14)3/h4-9H,1-3H3,(H,20,22). The Morgan fingerprint density at radius 3 is 2.83 bits per heavy atom. The number of nitrogens with zero attached hydrogens (tertiary/aromatic N) is 2. The van der Waals surface area contributed by atoms with E-state index in [0.29, 0.717) is 22.4 Å². The molecule has 1 aromatic carbocycles. The molecule has 0 aliphatic rings. The zero-order valence-electron chi connectivity index (χ0n) is 13.1. The lowest BCUT2D eigenvalue weighted by atomic mass is 10.1. The lowest BCUT2D eigenvalue weighted by molar-refractivity contribution is 0.102. The summed E-state index contributed by atoms with van der Waals surface area (Å²) in [5.41, 5.74) is 2.73. The van der Waals surface area contributed by atoms with Gasteiger partial charge in [-0.1, -0.05) is 25.1 Å². The second-order valence-electron chi connectivity index (χ2n) is 5.71. The van der Waals surface area contributed by atoms with Gasteiger partial charge in [0.2, 0.25) is 0 Å². The van der Waals surface area contributed by atoms with Crippen LogP contribution in [0.2, 0.25) is 0 Å². The SMILES string of the molecule is Cc1ccc(F)cc1NC(=O)c1cnc2onc(C(C)C)c2c1. The maximum atomic E-state index is 13.3. The normalized spacial score (nSPS) is 11.2. The third kappa shape index (κ3) is 2.92. The van der Waals surface area contributed by atoms with Crippen LogP contribution in [-0.2, 0) is 0 Å². The van der Waals surface area contributed by atoms with Gasteiger partial charge in [-0.05, 0) is 36.6 Å². The smallest absolute Gasteiger partial charge is 0.257 e. The number of benzene rings is 1. The quantitative estimate of drug-likeness (QED) is 0.792. The molecular weight excluding hydrogens is 297 g/mol. The van der Waals surface area contributed by atoms with E-state index in [9.17, 15) is 9.18 Å². The fourth-order valence-corrected chi connectivity index (χ4v) is 2.31. The molecule has 23 heavy (non-hydrogen) atoms. The predicted octanol–water partition coefficient (Wildman–Crippen LogP) is 4.05. The van der Waals surface area contributed by atoms with Crippen LogP contribution < -0.4 is 5.32 Å². The van der Waals surface area contributed by atoms with Gasteiger partial charge in [0.25, 0.3) is 11.6 Å². The minimum absolute atomic E-state index is 0.154. The van der Waals surface area contributed by atoms with Gasteiger partial charge in [-0.25, -0.2) is 9.37 Å². The van der Waals surface area contributed by atoms with Crippen LogP contribution >= 0.6 is 0 Å². The number of nitrogens with one attached hydrogen (secondary N) is 1. The summed E-state index contributed by atoms with van der Waals surface area (Å²) in [7, 11) is 0. The van der Waals surface area contributed by atoms with E-state index < -0.39 is 5.82 Å². The second-order valence-corrected chi connectivity index (χ2v) is 5.71. The van der Waals surface area contributed by atoms with E-state index in [2.05, 4.69) is 15.5 Å². The van der Waals surface area contributed by atoms with Crippen LogP contribution in [-0.4, -0.2) is 16.0 Å². The van der Waals surface area contributed by atoms with Gasteiger partial charge in [0.15, 0.2) is 0 Å². The molecule has 0 saturated carbocycles. The molecule has 0 saturated heterocycles. The molecule has 0 fully saturated rings. The zero-order valence-corrected chi connectivity index (χ0v) is 13.1. The maximum absolute atomic E-state index is 13.3. The second kappa shape index (κ2) is 5.79. The average Bonchev–Trinajstić information content (AvgIpc) is 2.94. The minimum atomic E-state index is -0.402. The molecule has 0 spiro atoms. The van der Waals surface area contributed by atoms with Gasteiger partial charge in [-0.15, -0.1) is 0 Å². The molecule has 118 valence electrons. The Labute approximate surface area is 132 Å². The highest BCUT2D eigenvalue weighted by Crippen LogP contribution is 2.24. The summed E-state index contributed by atoms with van der Waals surface area (Å²) in [5.74, 6) is -0.605. The Morgan fingerprint density at radius 1 is 1.30 bits per heavy atom. The third-order valence-corrected chi connectivity index (χ3v) is 3.61. The van der Waals surface area contributed by atoms with Crippen LogP contribution in [0.3, 0.4) is 0 Å².